The summed E-state index contributed by atoms with van der Waals surface area (Å²) in [5, 5.41) is 0. The fourth-order valence-electron chi connectivity index (χ4n) is 3.75. The molecule has 2 aliphatic heterocycles. The maximum Gasteiger partial charge on any atom is 0.248 e. The molecule has 0 bridgehead atoms. The molecular weight excluding hydrogens is 323 g/mol. The number of nitrogens with zero attached hydrogens (tertiary/aromatic N) is 2. The van der Waals surface area contributed by atoms with Crippen molar-refractivity contribution >= 4 is 11.6 Å². The van der Waals surface area contributed by atoms with Gasteiger partial charge in [0.05, 0.1) is 18.2 Å². The molecule has 2 heterocycles. The molecule has 1 unspecified atom stereocenters. The van der Waals surface area contributed by atoms with Gasteiger partial charge < -0.3 is 19.3 Å². The molecule has 5 nitrogen and oxygen atoms in total. The molecule has 3 rings (SSSR count). The zero-order valence-corrected chi connectivity index (χ0v) is 15.0. The van der Waals surface area contributed by atoms with Crippen molar-refractivity contribution in [3.8, 4) is 0 Å². The van der Waals surface area contributed by atoms with Gasteiger partial charge in [0.2, 0.25) is 5.91 Å². The summed E-state index contributed by atoms with van der Waals surface area (Å²) in [6.07, 6.45) is 2.66. The highest BCUT2D eigenvalue weighted by Crippen LogP contribution is 2.38. The van der Waals surface area contributed by atoms with Crippen LogP contribution in [0.1, 0.15) is 26.2 Å². The monoisotopic (exact) mass is 350 g/mol. The predicted octanol–water partition coefficient (Wildman–Crippen LogP) is 2.45. The van der Waals surface area contributed by atoms with Gasteiger partial charge in [-0.1, -0.05) is 0 Å². The minimum absolute atomic E-state index is 0.0645. The number of ether oxygens (including phenoxy) is 2. The van der Waals surface area contributed by atoms with Crippen LogP contribution in [0.4, 0.5) is 10.1 Å². The summed E-state index contributed by atoms with van der Waals surface area (Å²) in [5.74, 6) is -0.157. The first-order valence-corrected chi connectivity index (χ1v) is 9.01. The molecule has 1 aromatic rings. The molecule has 6 heteroatoms. The first kappa shape index (κ1) is 18.1. The van der Waals surface area contributed by atoms with Gasteiger partial charge in [0.1, 0.15) is 12.4 Å². The van der Waals surface area contributed by atoms with E-state index in [4.69, 9.17) is 9.47 Å². The molecule has 1 amide bonds. The molecule has 2 saturated heterocycles. The van der Waals surface area contributed by atoms with Crippen LogP contribution >= 0.6 is 0 Å². The average Bonchev–Trinajstić information content (AvgIpc) is 3.04. The first-order valence-electron chi connectivity index (χ1n) is 9.01. The molecule has 2 fully saturated rings. The predicted molar refractivity (Wildman–Crippen MR) is 94.2 cm³/mol. The Hall–Kier alpha value is -1.66. The van der Waals surface area contributed by atoms with Crippen LogP contribution in [0.2, 0.25) is 0 Å². The fraction of sp³-hybridized carbons (Fsp3) is 0.632. The fourth-order valence-corrected chi connectivity index (χ4v) is 3.75. The van der Waals surface area contributed by atoms with Gasteiger partial charge in [0.15, 0.2) is 0 Å². The van der Waals surface area contributed by atoms with Gasteiger partial charge in [0.25, 0.3) is 0 Å². The smallest absolute Gasteiger partial charge is 0.248 e. The second-order valence-corrected chi connectivity index (χ2v) is 6.96. The maximum atomic E-state index is 13.1. The van der Waals surface area contributed by atoms with Crippen molar-refractivity contribution in [2.24, 2.45) is 0 Å². The molecule has 2 aliphatic rings. The molecule has 1 aromatic carbocycles. The third-order valence-electron chi connectivity index (χ3n) is 5.43. The van der Waals surface area contributed by atoms with Crippen LogP contribution in [0.3, 0.4) is 0 Å². The lowest BCUT2D eigenvalue weighted by Crippen LogP contribution is -2.48. The lowest BCUT2D eigenvalue weighted by molar-refractivity contribution is -0.140. The zero-order valence-electron chi connectivity index (χ0n) is 15.0. The van der Waals surface area contributed by atoms with Crippen LogP contribution in [0, 0.1) is 5.82 Å². The number of likely N-dealkylation sites (tertiary alicyclic amines) is 1. The number of hydrogen-bond donors (Lipinski definition) is 0. The van der Waals surface area contributed by atoms with Gasteiger partial charge in [-0.2, -0.15) is 0 Å². The Morgan fingerprint density at radius 1 is 1.36 bits per heavy atom. The van der Waals surface area contributed by atoms with Crippen molar-refractivity contribution in [2.75, 3.05) is 44.9 Å². The topological polar surface area (TPSA) is 42.0 Å². The highest BCUT2D eigenvalue weighted by Gasteiger charge is 2.44. The molecular formula is C19H27FN2O3. The molecule has 25 heavy (non-hydrogen) atoms. The summed E-state index contributed by atoms with van der Waals surface area (Å²) < 4.78 is 24.5. The van der Waals surface area contributed by atoms with Gasteiger partial charge in [-0.05, 0) is 50.5 Å². The summed E-state index contributed by atoms with van der Waals surface area (Å²) in [5.41, 5.74) is 0.859. The van der Waals surface area contributed by atoms with Gasteiger partial charge in [-0.15, -0.1) is 0 Å². The number of halogens is 1. The summed E-state index contributed by atoms with van der Waals surface area (Å²) in [6, 6.07) is 6.85. The van der Waals surface area contributed by atoms with Crippen molar-refractivity contribution in [2.45, 2.75) is 37.8 Å². The molecule has 1 atom stereocenters. The summed E-state index contributed by atoms with van der Waals surface area (Å²) in [6.45, 7) is 4.73. The van der Waals surface area contributed by atoms with Gasteiger partial charge in [-0.25, -0.2) is 4.39 Å². The number of carbonyl (C=O) groups excluding carboxylic acids is 1. The Bertz CT molecular complexity index is 585. The van der Waals surface area contributed by atoms with E-state index in [1.165, 1.54) is 12.1 Å². The highest BCUT2D eigenvalue weighted by molar-refractivity contribution is 5.77. The average molecular weight is 350 g/mol. The molecule has 0 aromatic heterocycles. The molecule has 1 spiro atoms. The van der Waals surface area contributed by atoms with Crippen LogP contribution in [0.15, 0.2) is 24.3 Å². The minimum Gasteiger partial charge on any atom is -0.373 e. The highest BCUT2D eigenvalue weighted by atomic mass is 19.1. The second kappa shape index (κ2) is 7.70. The molecule has 0 aliphatic carbocycles. The number of hydrogen-bond acceptors (Lipinski definition) is 4. The van der Waals surface area contributed by atoms with Crippen LogP contribution in [-0.2, 0) is 14.3 Å². The summed E-state index contributed by atoms with van der Waals surface area (Å²) in [4.78, 5) is 16.1. The minimum atomic E-state index is -0.222. The molecule has 138 valence electrons. The van der Waals surface area contributed by atoms with Crippen LogP contribution in [0.5, 0.6) is 0 Å². The Labute approximate surface area is 148 Å². The van der Waals surface area contributed by atoms with Crippen molar-refractivity contribution in [1.29, 1.82) is 0 Å². The van der Waals surface area contributed by atoms with Crippen molar-refractivity contribution in [3.63, 3.8) is 0 Å². The van der Waals surface area contributed by atoms with E-state index in [1.54, 1.807) is 12.1 Å². The number of likely N-dealkylation sites (N-methyl/N-ethyl adjacent to an activating group) is 1. The largest absolute Gasteiger partial charge is 0.373 e. The second-order valence-electron chi connectivity index (χ2n) is 6.96. The van der Waals surface area contributed by atoms with E-state index in [1.807, 2.05) is 18.9 Å². The third kappa shape index (κ3) is 4.12. The standard InChI is InChI=1S/C19H27FN2O3/c1-3-24-14-18(23)22-10-8-19(9-11-22)12-17(13-25-19)21(2)16-6-4-15(20)5-7-16/h4-7,17H,3,8-14H2,1-2H3. The first-order chi connectivity index (χ1) is 12.0. The maximum absolute atomic E-state index is 13.1. The summed E-state index contributed by atoms with van der Waals surface area (Å²) in [7, 11) is 2.03. The molecule has 0 N–H and O–H groups in total. The van der Waals surface area contributed by atoms with E-state index >= 15 is 0 Å². The van der Waals surface area contributed by atoms with Gasteiger partial charge >= 0.3 is 0 Å². The quantitative estimate of drug-likeness (QED) is 0.818. The van der Waals surface area contributed by atoms with E-state index in [2.05, 4.69) is 4.90 Å². The van der Waals surface area contributed by atoms with Crippen LogP contribution in [-0.4, -0.2) is 62.4 Å². The van der Waals surface area contributed by atoms with Crippen molar-refractivity contribution in [3.05, 3.63) is 30.1 Å². The van der Waals surface area contributed by atoms with Gasteiger partial charge in [-0.3, -0.25) is 4.79 Å². The Morgan fingerprint density at radius 3 is 2.68 bits per heavy atom. The van der Waals surface area contributed by atoms with Crippen molar-refractivity contribution in [1.82, 2.24) is 4.90 Å². The number of anilines is 1. The molecule has 0 saturated carbocycles. The zero-order chi connectivity index (χ0) is 17.9. The lowest BCUT2D eigenvalue weighted by atomic mass is 9.87. The lowest BCUT2D eigenvalue weighted by Gasteiger charge is -2.39. The Kier molecular flexibility index (Phi) is 5.59. The van der Waals surface area contributed by atoms with E-state index < -0.39 is 0 Å². The Morgan fingerprint density at radius 2 is 2.04 bits per heavy atom. The summed E-state index contributed by atoms with van der Waals surface area (Å²) >= 11 is 0. The Balaban J connectivity index is 1.54. The normalized spacial score (nSPS) is 22.4. The molecule has 0 radical (unpaired) electrons. The van der Waals surface area contributed by atoms with Crippen LogP contribution < -0.4 is 4.90 Å². The SMILES string of the molecule is CCOCC(=O)N1CCC2(CC1)CC(N(C)c1ccc(F)cc1)CO2. The van der Waals surface area contributed by atoms with Crippen LogP contribution in [0.25, 0.3) is 0 Å². The third-order valence-corrected chi connectivity index (χ3v) is 5.43. The van der Waals surface area contributed by atoms with E-state index in [9.17, 15) is 9.18 Å². The van der Waals surface area contributed by atoms with Gasteiger partial charge in [0, 0.05) is 32.4 Å². The number of amides is 1. The van der Waals surface area contributed by atoms with E-state index in [0.29, 0.717) is 13.2 Å². The van der Waals surface area contributed by atoms with E-state index in [-0.39, 0.29) is 30.0 Å². The van der Waals surface area contributed by atoms with E-state index in [0.717, 1.165) is 38.0 Å². The number of rotatable bonds is 5. The number of carbonyl (C=O) groups is 1. The van der Waals surface area contributed by atoms with Crippen molar-refractivity contribution < 1.29 is 18.7 Å². The number of benzene rings is 1. The number of piperidine rings is 1.